The molecule has 4 atom stereocenters. The number of ether oxygens (including phenoxy) is 1. The SMILES string of the molecule is C[C@@H]1CN([C@H]2C[C@@H](c3ncc(CCC(=O)O)s3)N(C(=O)Cc3cc(Cl)c(NC(=O)c4csc5ccccc45)cc3F)C2)C[C@H](C)O1. The lowest BCUT2D eigenvalue weighted by atomic mass is 10.1. The minimum atomic E-state index is -0.880. The summed E-state index contributed by atoms with van der Waals surface area (Å²) in [6.45, 7) is 6.00. The lowest BCUT2D eigenvalue weighted by molar-refractivity contribution is -0.137. The van der Waals surface area contributed by atoms with Gasteiger partial charge < -0.3 is 20.1 Å². The van der Waals surface area contributed by atoms with Crippen LogP contribution in [0, 0.1) is 5.82 Å². The molecule has 4 aromatic rings. The van der Waals surface area contributed by atoms with Gasteiger partial charge in [-0.1, -0.05) is 29.8 Å². The van der Waals surface area contributed by atoms with Crippen LogP contribution in [-0.2, 0) is 27.2 Å². The zero-order chi connectivity index (χ0) is 32.5. The molecule has 2 fully saturated rings. The third-order valence-electron chi connectivity index (χ3n) is 8.46. The lowest BCUT2D eigenvalue weighted by Gasteiger charge is -2.38. The van der Waals surface area contributed by atoms with E-state index in [0.717, 1.165) is 39.1 Å². The molecule has 0 aliphatic carbocycles. The number of thiophene rings is 1. The fraction of sp³-hybridized carbons (Fsp3) is 0.394. The molecule has 0 unspecified atom stereocenters. The number of aliphatic carboxylic acids is 1. The van der Waals surface area contributed by atoms with E-state index < -0.39 is 17.7 Å². The molecular weight excluding hydrogens is 651 g/mol. The van der Waals surface area contributed by atoms with E-state index in [1.54, 1.807) is 16.5 Å². The first-order chi connectivity index (χ1) is 22.0. The molecule has 6 rings (SSSR count). The summed E-state index contributed by atoms with van der Waals surface area (Å²) in [4.78, 5) is 47.6. The number of carbonyl (C=O) groups is 3. The maximum absolute atomic E-state index is 15.5. The number of carboxylic acid groups (broad SMARTS) is 1. The summed E-state index contributed by atoms with van der Waals surface area (Å²) in [5, 5.41) is 15.3. The Hall–Kier alpha value is -3.42. The van der Waals surface area contributed by atoms with Gasteiger partial charge in [0.1, 0.15) is 10.8 Å². The highest BCUT2D eigenvalue weighted by Crippen LogP contribution is 2.38. The van der Waals surface area contributed by atoms with Crippen molar-refractivity contribution in [1.82, 2.24) is 14.8 Å². The number of thiazole rings is 1. The molecule has 2 aliphatic rings. The summed E-state index contributed by atoms with van der Waals surface area (Å²) in [5.74, 6) is -2.18. The number of fused-ring (bicyclic) bond motifs is 1. The minimum Gasteiger partial charge on any atom is -0.481 e. The predicted octanol–water partition coefficient (Wildman–Crippen LogP) is 6.41. The van der Waals surface area contributed by atoms with E-state index in [2.05, 4.69) is 15.2 Å². The highest BCUT2D eigenvalue weighted by atomic mass is 35.5. The van der Waals surface area contributed by atoms with Crippen molar-refractivity contribution in [2.75, 3.05) is 25.0 Å². The minimum absolute atomic E-state index is 0.00145. The van der Waals surface area contributed by atoms with Gasteiger partial charge in [-0.25, -0.2) is 9.37 Å². The van der Waals surface area contributed by atoms with E-state index in [-0.39, 0.29) is 59.3 Å². The van der Waals surface area contributed by atoms with E-state index in [9.17, 15) is 14.4 Å². The number of aryl methyl sites for hydroxylation is 1. The van der Waals surface area contributed by atoms with E-state index in [1.165, 1.54) is 28.7 Å². The van der Waals surface area contributed by atoms with Crippen LogP contribution in [0.5, 0.6) is 0 Å². The molecule has 2 aromatic heterocycles. The predicted molar refractivity (Wildman–Crippen MR) is 177 cm³/mol. The molecule has 0 bridgehead atoms. The molecule has 2 amide bonds. The topological polar surface area (TPSA) is 112 Å². The monoisotopic (exact) mass is 684 g/mol. The number of carboxylic acids is 1. The Morgan fingerprint density at radius 2 is 1.91 bits per heavy atom. The number of aromatic nitrogens is 1. The number of halogens is 2. The van der Waals surface area contributed by atoms with Gasteiger partial charge in [0.15, 0.2) is 0 Å². The van der Waals surface area contributed by atoms with E-state index in [0.29, 0.717) is 24.9 Å². The number of carbonyl (C=O) groups excluding carboxylic acids is 2. The van der Waals surface area contributed by atoms with Gasteiger partial charge in [-0.15, -0.1) is 22.7 Å². The average molecular weight is 685 g/mol. The van der Waals surface area contributed by atoms with Crippen LogP contribution in [0.25, 0.3) is 10.1 Å². The third-order valence-corrected chi connectivity index (χ3v) is 10.9. The maximum Gasteiger partial charge on any atom is 0.303 e. The second-order valence-corrected chi connectivity index (χ2v) is 14.4. The standard InChI is InChI=1S/C33H34ClFN4O5S2/c1-18-14-38(15-19(2)44-18)21-11-28(33-36-13-22(46-33)7-8-31(41)42)39(16-21)30(40)10-20-9-25(34)27(12-26(20)35)37-32(43)24-17-45-29-6-4-3-5-23(24)29/h3-6,9,12-13,17-19,21,28H,7-8,10-11,14-16H2,1-2H3,(H,37,43)(H,41,42)/t18-,19+,21-,28-/m0/s1. The molecule has 9 nitrogen and oxygen atoms in total. The summed E-state index contributed by atoms with van der Waals surface area (Å²) in [5.41, 5.74) is 0.733. The number of rotatable bonds is 9. The van der Waals surface area contributed by atoms with Crippen LogP contribution >= 0.6 is 34.3 Å². The first-order valence-electron chi connectivity index (χ1n) is 15.2. The van der Waals surface area contributed by atoms with Crippen LogP contribution < -0.4 is 5.32 Å². The van der Waals surface area contributed by atoms with Crippen molar-refractivity contribution in [3.63, 3.8) is 0 Å². The van der Waals surface area contributed by atoms with Gasteiger partial charge in [-0.05, 0) is 50.5 Å². The largest absolute Gasteiger partial charge is 0.481 e. The van der Waals surface area contributed by atoms with Crippen LogP contribution in [0.15, 0.2) is 48.0 Å². The molecule has 4 heterocycles. The Balaban J connectivity index is 1.20. The second kappa shape index (κ2) is 13.7. The highest BCUT2D eigenvalue weighted by molar-refractivity contribution is 7.17. The quantitative estimate of drug-likeness (QED) is 0.210. The first-order valence-corrected chi connectivity index (χ1v) is 17.2. The Kier molecular flexibility index (Phi) is 9.72. The van der Waals surface area contributed by atoms with Crippen molar-refractivity contribution in [1.29, 1.82) is 0 Å². The number of anilines is 1. The van der Waals surface area contributed by atoms with Crippen molar-refractivity contribution < 1.29 is 28.6 Å². The molecule has 2 aromatic carbocycles. The first kappa shape index (κ1) is 32.5. The van der Waals surface area contributed by atoms with Crippen LogP contribution in [0.4, 0.5) is 10.1 Å². The molecule has 2 N–H and O–H groups in total. The zero-order valence-corrected chi connectivity index (χ0v) is 27.8. The summed E-state index contributed by atoms with van der Waals surface area (Å²) in [6, 6.07) is 9.84. The molecule has 2 saturated heterocycles. The fourth-order valence-electron chi connectivity index (χ4n) is 6.35. The number of hydrogen-bond acceptors (Lipinski definition) is 8. The summed E-state index contributed by atoms with van der Waals surface area (Å²) >= 11 is 9.39. The zero-order valence-electron chi connectivity index (χ0n) is 25.4. The number of nitrogens with zero attached hydrogens (tertiary/aromatic N) is 3. The maximum atomic E-state index is 15.5. The number of morpholine rings is 1. The van der Waals surface area contributed by atoms with Crippen molar-refractivity contribution in [3.8, 4) is 0 Å². The second-order valence-electron chi connectivity index (χ2n) is 11.9. The van der Waals surface area contributed by atoms with Gasteiger partial charge in [0, 0.05) is 52.2 Å². The number of nitrogens with one attached hydrogen (secondary N) is 1. The van der Waals surface area contributed by atoms with Crippen LogP contribution in [0.3, 0.4) is 0 Å². The normalized spacial score (nSPS) is 22.0. The van der Waals surface area contributed by atoms with Crippen molar-refractivity contribution in [2.45, 2.75) is 63.8 Å². The van der Waals surface area contributed by atoms with Crippen LogP contribution in [-0.4, -0.2) is 75.6 Å². The Bertz CT molecular complexity index is 1770. The van der Waals surface area contributed by atoms with Gasteiger partial charge in [0.25, 0.3) is 5.91 Å². The molecule has 0 saturated carbocycles. The highest BCUT2D eigenvalue weighted by Gasteiger charge is 2.42. The number of likely N-dealkylation sites (tertiary alicyclic amines) is 1. The molecule has 0 spiro atoms. The molecule has 2 aliphatic heterocycles. The van der Waals surface area contributed by atoms with Gasteiger partial charge in [-0.2, -0.15) is 0 Å². The molecule has 0 radical (unpaired) electrons. The van der Waals surface area contributed by atoms with Gasteiger partial charge in [-0.3, -0.25) is 19.3 Å². The Labute approximate surface area is 278 Å². The summed E-state index contributed by atoms with van der Waals surface area (Å²) < 4.78 is 22.4. The molecule has 13 heteroatoms. The lowest BCUT2D eigenvalue weighted by Crippen LogP contribution is -2.51. The third kappa shape index (κ3) is 7.11. The van der Waals surface area contributed by atoms with Crippen LogP contribution in [0.2, 0.25) is 5.02 Å². The number of hydrogen-bond donors (Lipinski definition) is 2. The van der Waals surface area contributed by atoms with Crippen molar-refractivity contribution >= 4 is 67.8 Å². The number of amides is 2. The number of benzene rings is 2. The fourth-order valence-corrected chi connectivity index (χ4v) is 8.57. The van der Waals surface area contributed by atoms with Crippen molar-refractivity contribution in [2.24, 2.45) is 0 Å². The van der Waals surface area contributed by atoms with Crippen molar-refractivity contribution in [3.05, 3.63) is 79.8 Å². The summed E-state index contributed by atoms with van der Waals surface area (Å²) in [7, 11) is 0. The van der Waals surface area contributed by atoms with E-state index in [4.69, 9.17) is 21.4 Å². The average Bonchev–Trinajstić information content (AvgIpc) is 3.76. The smallest absolute Gasteiger partial charge is 0.303 e. The molecule has 242 valence electrons. The Morgan fingerprint density at radius 1 is 1.15 bits per heavy atom. The van der Waals surface area contributed by atoms with Gasteiger partial charge >= 0.3 is 5.97 Å². The van der Waals surface area contributed by atoms with E-state index >= 15 is 4.39 Å². The summed E-state index contributed by atoms with van der Waals surface area (Å²) in [6.07, 6.45) is 2.61. The molecular formula is C33H34ClFN4O5S2. The van der Waals surface area contributed by atoms with Gasteiger partial charge in [0.2, 0.25) is 5.91 Å². The van der Waals surface area contributed by atoms with Gasteiger partial charge in [0.05, 0.1) is 47.4 Å². The van der Waals surface area contributed by atoms with E-state index in [1.807, 2.05) is 38.1 Å². The molecule has 46 heavy (non-hydrogen) atoms. The Morgan fingerprint density at radius 3 is 2.67 bits per heavy atom. The van der Waals surface area contributed by atoms with Crippen LogP contribution in [0.1, 0.15) is 58.5 Å².